The van der Waals surface area contributed by atoms with E-state index in [9.17, 15) is 9.59 Å². The average molecular weight is 360 g/mol. The third-order valence-corrected chi connectivity index (χ3v) is 4.87. The van der Waals surface area contributed by atoms with Crippen LogP contribution in [0.5, 0.6) is 0 Å². The lowest BCUT2D eigenvalue weighted by molar-refractivity contribution is -0.142. The number of likely N-dealkylation sites (N-methyl/N-ethyl adjacent to an activating group) is 1. The van der Waals surface area contributed by atoms with E-state index in [4.69, 9.17) is 28.9 Å². The van der Waals surface area contributed by atoms with Gasteiger partial charge in [0.2, 0.25) is 11.8 Å². The highest BCUT2D eigenvalue weighted by Crippen LogP contribution is 2.27. The van der Waals surface area contributed by atoms with E-state index in [1.54, 1.807) is 25.2 Å². The van der Waals surface area contributed by atoms with E-state index in [1.807, 2.05) is 13.8 Å². The van der Waals surface area contributed by atoms with Crippen LogP contribution in [0.4, 0.5) is 5.69 Å². The van der Waals surface area contributed by atoms with E-state index >= 15 is 0 Å². The summed E-state index contributed by atoms with van der Waals surface area (Å²) in [5.41, 5.74) is 5.69. The van der Waals surface area contributed by atoms with Crippen LogP contribution in [0.25, 0.3) is 0 Å². The zero-order chi connectivity index (χ0) is 17.6. The zero-order valence-corrected chi connectivity index (χ0v) is 15.2. The number of hydrogen-bond donors (Lipinski definition) is 2. The Balaban J connectivity index is 2.72. The Kier molecular flexibility index (Phi) is 7.32. The molecular formula is C16H23Cl2N3O2. The summed E-state index contributed by atoms with van der Waals surface area (Å²) in [6.07, 6.45) is 1.27. The molecule has 0 bridgehead atoms. The third-order valence-electron chi connectivity index (χ3n) is 4.13. The first-order valence-corrected chi connectivity index (χ1v) is 8.25. The standard InChI is InChI=1S/C16H23Cl2N3O2/c1-4-16(5-2,10-19)15(23)21(3)9-14(22)20-11-6-7-12(17)13(18)8-11/h6-8H,4-5,9-10,19H2,1-3H3,(H,20,22). The van der Waals surface area contributed by atoms with E-state index in [0.29, 0.717) is 28.6 Å². The first-order valence-electron chi connectivity index (χ1n) is 7.50. The molecule has 0 spiro atoms. The Morgan fingerprint density at radius 3 is 2.30 bits per heavy atom. The molecule has 1 aromatic carbocycles. The molecule has 23 heavy (non-hydrogen) atoms. The Morgan fingerprint density at radius 2 is 1.83 bits per heavy atom. The van der Waals surface area contributed by atoms with Gasteiger partial charge in [-0.3, -0.25) is 9.59 Å². The first kappa shape index (κ1) is 19.7. The molecule has 7 heteroatoms. The van der Waals surface area contributed by atoms with Crippen molar-refractivity contribution >= 4 is 40.7 Å². The summed E-state index contributed by atoms with van der Waals surface area (Å²) in [6.45, 7) is 4.06. The Labute approximate surface area is 147 Å². The summed E-state index contributed by atoms with van der Waals surface area (Å²) in [6, 6.07) is 4.81. The predicted octanol–water partition coefficient (Wildman–Crippen LogP) is 3.16. The lowest BCUT2D eigenvalue weighted by atomic mass is 9.81. The molecule has 1 aromatic rings. The molecule has 0 aliphatic rings. The van der Waals surface area contributed by atoms with Crippen molar-refractivity contribution in [2.24, 2.45) is 11.1 Å². The number of amides is 2. The largest absolute Gasteiger partial charge is 0.336 e. The van der Waals surface area contributed by atoms with E-state index in [0.717, 1.165) is 0 Å². The number of anilines is 1. The summed E-state index contributed by atoms with van der Waals surface area (Å²) in [7, 11) is 1.60. The minimum Gasteiger partial charge on any atom is -0.336 e. The molecule has 0 aromatic heterocycles. The topological polar surface area (TPSA) is 75.4 Å². The number of halogens is 2. The van der Waals surface area contributed by atoms with Crippen molar-refractivity contribution in [3.8, 4) is 0 Å². The van der Waals surface area contributed by atoms with Gasteiger partial charge in [-0.05, 0) is 31.0 Å². The quantitative estimate of drug-likeness (QED) is 0.784. The van der Waals surface area contributed by atoms with Crippen LogP contribution in [0, 0.1) is 5.41 Å². The van der Waals surface area contributed by atoms with Gasteiger partial charge in [-0.15, -0.1) is 0 Å². The van der Waals surface area contributed by atoms with Crippen molar-refractivity contribution < 1.29 is 9.59 Å². The number of carbonyl (C=O) groups is 2. The molecule has 3 N–H and O–H groups in total. The van der Waals surface area contributed by atoms with Gasteiger partial charge in [0.1, 0.15) is 0 Å². The molecule has 0 fully saturated rings. The second-order valence-electron chi connectivity index (χ2n) is 5.53. The highest BCUT2D eigenvalue weighted by Gasteiger charge is 2.36. The summed E-state index contributed by atoms with van der Waals surface area (Å²) < 4.78 is 0. The lowest BCUT2D eigenvalue weighted by Crippen LogP contribution is -2.48. The van der Waals surface area contributed by atoms with Gasteiger partial charge >= 0.3 is 0 Å². The normalized spacial score (nSPS) is 11.2. The van der Waals surface area contributed by atoms with Crippen LogP contribution in [-0.4, -0.2) is 36.9 Å². The van der Waals surface area contributed by atoms with E-state index in [2.05, 4.69) is 5.32 Å². The molecule has 0 atom stereocenters. The molecule has 2 amide bonds. The maximum Gasteiger partial charge on any atom is 0.243 e. The smallest absolute Gasteiger partial charge is 0.243 e. The number of nitrogens with two attached hydrogens (primary N) is 1. The average Bonchev–Trinajstić information content (AvgIpc) is 2.53. The van der Waals surface area contributed by atoms with Gasteiger partial charge in [0, 0.05) is 19.3 Å². The number of nitrogens with zero attached hydrogens (tertiary/aromatic N) is 1. The summed E-state index contributed by atoms with van der Waals surface area (Å²) in [5, 5.41) is 3.46. The molecule has 0 saturated carbocycles. The first-order chi connectivity index (χ1) is 10.8. The van der Waals surface area contributed by atoms with E-state index < -0.39 is 5.41 Å². The second-order valence-corrected chi connectivity index (χ2v) is 6.34. The maximum absolute atomic E-state index is 12.6. The van der Waals surface area contributed by atoms with Crippen LogP contribution in [0.15, 0.2) is 18.2 Å². The zero-order valence-electron chi connectivity index (χ0n) is 13.7. The maximum atomic E-state index is 12.6. The van der Waals surface area contributed by atoms with Crippen molar-refractivity contribution in [1.29, 1.82) is 0 Å². The fraction of sp³-hybridized carbons (Fsp3) is 0.500. The van der Waals surface area contributed by atoms with Crippen molar-refractivity contribution in [2.45, 2.75) is 26.7 Å². The molecule has 5 nitrogen and oxygen atoms in total. The van der Waals surface area contributed by atoms with Gasteiger partial charge in [0.25, 0.3) is 0 Å². The van der Waals surface area contributed by atoms with Crippen LogP contribution in [-0.2, 0) is 9.59 Å². The predicted molar refractivity (Wildman–Crippen MR) is 94.8 cm³/mol. The molecule has 0 unspecified atom stereocenters. The number of hydrogen-bond acceptors (Lipinski definition) is 3. The molecular weight excluding hydrogens is 337 g/mol. The minimum absolute atomic E-state index is 0.0547. The number of rotatable bonds is 7. The molecule has 1 rings (SSSR count). The van der Waals surface area contributed by atoms with Crippen molar-refractivity contribution in [1.82, 2.24) is 4.90 Å². The Morgan fingerprint density at radius 1 is 1.22 bits per heavy atom. The molecule has 0 radical (unpaired) electrons. The van der Waals surface area contributed by atoms with E-state index in [1.165, 1.54) is 4.90 Å². The second kappa shape index (κ2) is 8.52. The van der Waals surface area contributed by atoms with Crippen LogP contribution in [0.2, 0.25) is 10.0 Å². The SMILES string of the molecule is CCC(CC)(CN)C(=O)N(C)CC(=O)Nc1ccc(Cl)c(Cl)c1. The van der Waals surface area contributed by atoms with Crippen LogP contribution >= 0.6 is 23.2 Å². The van der Waals surface area contributed by atoms with E-state index in [-0.39, 0.29) is 24.9 Å². The minimum atomic E-state index is -0.612. The Bertz CT molecular complexity index is 566. The Hall–Kier alpha value is -1.30. The molecule has 0 heterocycles. The summed E-state index contributed by atoms with van der Waals surface area (Å²) in [5.74, 6) is -0.424. The van der Waals surface area contributed by atoms with Crippen molar-refractivity contribution in [2.75, 3.05) is 25.5 Å². The van der Waals surface area contributed by atoms with Crippen LogP contribution in [0.1, 0.15) is 26.7 Å². The molecule has 0 aliphatic heterocycles. The molecule has 0 saturated heterocycles. The number of benzene rings is 1. The van der Waals surface area contributed by atoms with Crippen molar-refractivity contribution in [3.63, 3.8) is 0 Å². The highest BCUT2D eigenvalue weighted by atomic mass is 35.5. The third kappa shape index (κ3) is 4.83. The fourth-order valence-electron chi connectivity index (χ4n) is 2.39. The van der Waals surface area contributed by atoms with Gasteiger partial charge in [0.05, 0.1) is 22.0 Å². The lowest BCUT2D eigenvalue weighted by Gasteiger charge is -2.33. The van der Waals surface area contributed by atoms with Gasteiger partial charge in [-0.2, -0.15) is 0 Å². The van der Waals surface area contributed by atoms with Gasteiger partial charge in [-0.25, -0.2) is 0 Å². The van der Waals surface area contributed by atoms with Crippen LogP contribution in [0.3, 0.4) is 0 Å². The highest BCUT2D eigenvalue weighted by molar-refractivity contribution is 6.42. The fourth-order valence-corrected chi connectivity index (χ4v) is 2.69. The molecule has 128 valence electrons. The van der Waals surface area contributed by atoms with Gasteiger partial charge in [-0.1, -0.05) is 37.0 Å². The van der Waals surface area contributed by atoms with Gasteiger partial charge in [0.15, 0.2) is 0 Å². The van der Waals surface area contributed by atoms with Gasteiger partial charge < -0.3 is 16.0 Å². The molecule has 0 aliphatic carbocycles. The summed E-state index contributed by atoms with van der Waals surface area (Å²) in [4.78, 5) is 26.1. The number of carbonyl (C=O) groups excluding carboxylic acids is 2. The number of nitrogens with one attached hydrogen (secondary N) is 1. The van der Waals surface area contributed by atoms with Crippen molar-refractivity contribution in [3.05, 3.63) is 28.2 Å². The summed E-state index contributed by atoms with van der Waals surface area (Å²) >= 11 is 11.7. The van der Waals surface area contributed by atoms with Crippen LogP contribution < -0.4 is 11.1 Å². The monoisotopic (exact) mass is 359 g/mol.